The monoisotopic (exact) mass is 278 g/mol. The molecule has 1 heterocycles. The van der Waals surface area contributed by atoms with Crippen molar-refractivity contribution in [2.24, 2.45) is 11.3 Å². The third-order valence-corrected chi connectivity index (χ3v) is 4.52. The van der Waals surface area contributed by atoms with Crippen molar-refractivity contribution in [3.05, 3.63) is 17.0 Å². The first-order valence-electron chi connectivity index (χ1n) is 7.65. The average Bonchev–Trinajstić information content (AvgIpc) is 2.81. The maximum absolute atomic E-state index is 12.5. The quantitative estimate of drug-likeness (QED) is 0.852. The Morgan fingerprint density at radius 3 is 2.55 bits per heavy atom. The van der Waals surface area contributed by atoms with Crippen molar-refractivity contribution in [3.8, 4) is 0 Å². The molecule has 0 saturated heterocycles. The van der Waals surface area contributed by atoms with Gasteiger partial charge in [0.25, 0.3) is 5.91 Å². The molecule has 1 aliphatic carbocycles. The lowest BCUT2D eigenvalue weighted by molar-refractivity contribution is 0.0761. The highest BCUT2D eigenvalue weighted by molar-refractivity contribution is 5.93. The van der Waals surface area contributed by atoms with Gasteiger partial charge in [0, 0.05) is 25.1 Å². The number of carbonyl (C=O) groups excluding carboxylic acids is 1. The predicted octanol–water partition coefficient (Wildman–Crippen LogP) is 3.31. The second kappa shape index (κ2) is 5.58. The highest BCUT2D eigenvalue weighted by atomic mass is 16.5. The van der Waals surface area contributed by atoms with Gasteiger partial charge in [-0.05, 0) is 38.0 Å². The molecule has 20 heavy (non-hydrogen) atoms. The molecule has 0 N–H and O–H groups in total. The van der Waals surface area contributed by atoms with E-state index in [4.69, 9.17) is 4.52 Å². The third-order valence-electron chi connectivity index (χ3n) is 4.52. The minimum atomic E-state index is 0.00885. The molecule has 1 aromatic heterocycles. The summed E-state index contributed by atoms with van der Waals surface area (Å²) in [6.07, 6.45) is 2.92. The topological polar surface area (TPSA) is 46.3 Å². The Labute approximate surface area is 121 Å². The Bertz CT molecular complexity index is 481. The molecule has 1 unspecified atom stereocenters. The summed E-state index contributed by atoms with van der Waals surface area (Å²) >= 11 is 0. The van der Waals surface area contributed by atoms with Gasteiger partial charge >= 0.3 is 0 Å². The second-order valence-corrected chi connectivity index (χ2v) is 6.72. The number of fused-ring (bicyclic) bond motifs is 1. The molecule has 0 spiro atoms. The Kier molecular flexibility index (Phi) is 4.21. The first-order chi connectivity index (χ1) is 9.38. The van der Waals surface area contributed by atoms with Crippen LogP contribution in [0.3, 0.4) is 0 Å². The zero-order chi connectivity index (χ0) is 14.9. The van der Waals surface area contributed by atoms with E-state index in [1.807, 2.05) is 13.8 Å². The number of carbonyl (C=O) groups is 1. The maximum atomic E-state index is 12.5. The van der Waals surface area contributed by atoms with Crippen LogP contribution in [0.1, 0.15) is 62.9 Å². The summed E-state index contributed by atoms with van der Waals surface area (Å²) in [4.78, 5) is 14.3. The number of aryl methyl sites for hydroxylation is 1. The molecular weight excluding hydrogens is 252 g/mol. The van der Waals surface area contributed by atoms with Crippen molar-refractivity contribution in [3.63, 3.8) is 0 Å². The van der Waals surface area contributed by atoms with Crippen molar-refractivity contribution in [2.45, 2.75) is 53.9 Å². The summed E-state index contributed by atoms with van der Waals surface area (Å²) in [5.74, 6) is 1.51. The van der Waals surface area contributed by atoms with Gasteiger partial charge in [-0.25, -0.2) is 0 Å². The SMILES string of the molecule is CCN(CC)C(=O)c1noc2c1CC(C(C)(C)C)CC2. The Morgan fingerprint density at radius 2 is 2.00 bits per heavy atom. The van der Waals surface area contributed by atoms with Gasteiger partial charge in [-0.3, -0.25) is 4.79 Å². The number of nitrogens with zero attached hydrogens (tertiary/aromatic N) is 2. The van der Waals surface area contributed by atoms with Crippen LogP contribution in [-0.4, -0.2) is 29.1 Å². The Balaban J connectivity index is 2.28. The molecule has 1 aromatic rings. The Hall–Kier alpha value is -1.32. The van der Waals surface area contributed by atoms with Crippen LogP contribution < -0.4 is 0 Å². The Morgan fingerprint density at radius 1 is 1.35 bits per heavy atom. The lowest BCUT2D eigenvalue weighted by Crippen LogP contribution is -2.33. The van der Waals surface area contributed by atoms with Crippen molar-refractivity contribution in [1.29, 1.82) is 0 Å². The molecule has 1 amide bonds. The van der Waals surface area contributed by atoms with Gasteiger partial charge in [0.1, 0.15) is 5.76 Å². The van der Waals surface area contributed by atoms with Gasteiger partial charge in [-0.1, -0.05) is 25.9 Å². The molecule has 0 fully saturated rings. The van der Waals surface area contributed by atoms with Crippen LogP contribution >= 0.6 is 0 Å². The van der Waals surface area contributed by atoms with Gasteiger partial charge < -0.3 is 9.42 Å². The van der Waals surface area contributed by atoms with E-state index in [0.29, 0.717) is 24.7 Å². The van der Waals surface area contributed by atoms with Crippen LogP contribution in [-0.2, 0) is 12.8 Å². The first-order valence-corrected chi connectivity index (χ1v) is 7.65. The largest absolute Gasteiger partial charge is 0.360 e. The standard InChI is InChI=1S/C16H26N2O2/c1-6-18(7-2)15(19)14-12-10-11(16(3,4)5)8-9-13(12)20-17-14/h11H,6-10H2,1-5H3. The molecular formula is C16H26N2O2. The number of amides is 1. The smallest absolute Gasteiger partial charge is 0.276 e. The van der Waals surface area contributed by atoms with Crippen molar-refractivity contribution >= 4 is 5.91 Å². The number of hydrogen-bond acceptors (Lipinski definition) is 3. The summed E-state index contributed by atoms with van der Waals surface area (Å²) in [5.41, 5.74) is 1.84. The van der Waals surface area contributed by atoms with E-state index in [1.165, 1.54) is 0 Å². The fraction of sp³-hybridized carbons (Fsp3) is 0.750. The van der Waals surface area contributed by atoms with E-state index < -0.39 is 0 Å². The molecule has 0 aliphatic heterocycles. The summed E-state index contributed by atoms with van der Waals surface area (Å²) in [5, 5.41) is 4.06. The summed E-state index contributed by atoms with van der Waals surface area (Å²) in [6.45, 7) is 12.2. The van der Waals surface area contributed by atoms with Crippen LogP contribution in [0.25, 0.3) is 0 Å². The lowest BCUT2D eigenvalue weighted by Gasteiger charge is -2.33. The van der Waals surface area contributed by atoms with E-state index in [0.717, 1.165) is 30.6 Å². The number of rotatable bonds is 3. The van der Waals surface area contributed by atoms with Crippen LogP contribution in [0.5, 0.6) is 0 Å². The molecule has 1 atom stereocenters. The second-order valence-electron chi connectivity index (χ2n) is 6.72. The fourth-order valence-corrected chi connectivity index (χ4v) is 2.97. The van der Waals surface area contributed by atoms with E-state index in [9.17, 15) is 4.79 Å². The van der Waals surface area contributed by atoms with Gasteiger partial charge in [0.2, 0.25) is 0 Å². The van der Waals surface area contributed by atoms with E-state index in [2.05, 4.69) is 25.9 Å². The maximum Gasteiger partial charge on any atom is 0.276 e. The van der Waals surface area contributed by atoms with Crippen molar-refractivity contribution < 1.29 is 9.32 Å². The molecule has 0 aromatic carbocycles. The minimum absolute atomic E-state index is 0.00885. The zero-order valence-corrected chi connectivity index (χ0v) is 13.3. The fourth-order valence-electron chi connectivity index (χ4n) is 2.97. The van der Waals surface area contributed by atoms with Gasteiger partial charge in [-0.15, -0.1) is 0 Å². The summed E-state index contributed by atoms with van der Waals surface area (Å²) in [7, 11) is 0. The highest BCUT2D eigenvalue weighted by Crippen LogP contribution is 2.38. The molecule has 112 valence electrons. The number of hydrogen-bond donors (Lipinski definition) is 0. The van der Waals surface area contributed by atoms with Crippen molar-refractivity contribution in [2.75, 3.05) is 13.1 Å². The predicted molar refractivity (Wildman–Crippen MR) is 78.7 cm³/mol. The lowest BCUT2D eigenvalue weighted by atomic mass is 9.71. The molecule has 4 nitrogen and oxygen atoms in total. The van der Waals surface area contributed by atoms with Gasteiger partial charge in [-0.2, -0.15) is 0 Å². The van der Waals surface area contributed by atoms with Crippen molar-refractivity contribution in [1.82, 2.24) is 10.1 Å². The van der Waals surface area contributed by atoms with Crippen LogP contribution in [0.4, 0.5) is 0 Å². The molecule has 1 aliphatic rings. The van der Waals surface area contributed by atoms with E-state index in [-0.39, 0.29) is 11.3 Å². The highest BCUT2D eigenvalue weighted by Gasteiger charge is 2.34. The first kappa shape index (κ1) is 15.1. The third kappa shape index (κ3) is 2.74. The van der Waals surface area contributed by atoms with Gasteiger partial charge in [0.15, 0.2) is 5.69 Å². The average molecular weight is 278 g/mol. The van der Waals surface area contributed by atoms with Gasteiger partial charge in [0.05, 0.1) is 0 Å². The van der Waals surface area contributed by atoms with Crippen LogP contribution in [0.2, 0.25) is 0 Å². The molecule has 0 bridgehead atoms. The normalized spacial score (nSPS) is 18.8. The minimum Gasteiger partial charge on any atom is -0.360 e. The molecule has 0 saturated carbocycles. The van der Waals surface area contributed by atoms with Crippen LogP contribution in [0.15, 0.2) is 4.52 Å². The summed E-state index contributed by atoms with van der Waals surface area (Å²) < 4.78 is 5.41. The molecule has 4 heteroatoms. The van der Waals surface area contributed by atoms with Crippen LogP contribution in [0, 0.1) is 11.3 Å². The van der Waals surface area contributed by atoms with E-state index in [1.54, 1.807) is 4.90 Å². The molecule has 0 radical (unpaired) electrons. The van der Waals surface area contributed by atoms with E-state index >= 15 is 0 Å². The number of aromatic nitrogens is 1. The zero-order valence-electron chi connectivity index (χ0n) is 13.3. The summed E-state index contributed by atoms with van der Waals surface area (Å²) in [6, 6.07) is 0. The molecule has 2 rings (SSSR count).